The number of aryl methyl sites for hydroxylation is 1. The first kappa shape index (κ1) is 25.1. The summed E-state index contributed by atoms with van der Waals surface area (Å²) < 4.78 is 26.8. The van der Waals surface area contributed by atoms with E-state index in [9.17, 15) is 18.0 Å². The molecule has 0 radical (unpaired) electrons. The Labute approximate surface area is 200 Å². The quantitative estimate of drug-likeness (QED) is 0.393. The highest BCUT2D eigenvalue weighted by Crippen LogP contribution is 2.27. The molecule has 0 saturated heterocycles. The monoisotopic (exact) mass is 479 g/mol. The highest BCUT2D eigenvalue weighted by molar-refractivity contribution is 7.89. The molecule has 0 aliphatic heterocycles. The Morgan fingerprint density at radius 1 is 0.735 bits per heavy atom. The van der Waals surface area contributed by atoms with Crippen LogP contribution in [0.1, 0.15) is 29.0 Å². The minimum atomic E-state index is -3.80. The van der Waals surface area contributed by atoms with E-state index in [0.29, 0.717) is 13.0 Å². The van der Waals surface area contributed by atoms with Gasteiger partial charge in [-0.25, -0.2) is 13.1 Å². The van der Waals surface area contributed by atoms with Gasteiger partial charge in [0, 0.05) is 12.5 Å². The third-order valence-electron chi connectivity index (χ3n) is 5.36. The van der Waals surface area contributed by atoms with E-state index in [0.717, 1.165) is 16.7 Å². The average Bonchev–Trinajstić information content (AvgIpc) is 2.85. The van der Waals surface area contributed by atoms with Crippen LogP contribution in [0.3, 0.4) is 0 Å². The molecule has 0 fully saturated rings. The molecule has 0 saturated carbocycles. The van der Waals surface area contributed by atoms with Crippen molar-refractivity contribution in [3.05, 3.63) is 102 Å². The third-order valence-corrected chi connectivity index (χ3v) is 6.78. The van der Waals surface area contributed by atoms with Gasteiger partial charge in [-0.2, -0.15) is 0 Å². The highest BCUT2D eigenvalue weighted by atomic mass is 32.2. The van der Waals surface area contributed by atoms with Crippen molar-refractivity contribution in [1.82, 2.24) is 15.4 Å². The summed E-state index contributed by atoms with van der Waals surface area (Å²) in [6.45, 7) is 1.61. The van der Waals surface area contributed by atoms with Crippen LogP contribution in [0.5, 0.6) is 0 Å². The smallest absolute Gasteiger partial charge is 0.241 e. The standard InChI is InChI=1S/C26H29N3O4S/c1-20-12-14-23(15-13-20)34(32,33)29-19-26(31)28-18-25(30)27-17-16-24(21-8-4-2-5-9-21)22-10-6-3-7-11-22/h2-15,24,29H,16-19H2,1H3,(H,27,30)(H,28,31). The second-order valence-electron chi connectivity index (χ2n) is 7.93. The number of rotatable bonds is 11. The van der Waals surface area contributed by atoms with Crippen molar-refractivity contribution in [3.63, 3.8) is 0 Å². The van der Waals surface area contributed by atoms with E-state index in [2.05, 4.69) is 39.6 Å². The van der Waals surface area contributed by atoms with Crippen LogP contribution >= 0.6 is 0 Å². The van der Waals surface area contributed by atoms with Gasteiger partial charge in [-0.05, 0) is 36.6 Å². The minimum absolute atomic E-state index is 0.0787. The van der Waals surface area contributed by atoms with Gasteiger partial charge in [-0.3, -0.25) is 9.59 Å². The number of nitrogens with one attached hydrogen (secondary N) is 3. The molecular weight excluding hydrogens is 450 g/mol. The Morgan fingerprint density at radius 3 is 1.82 bits per heavy atom. The SMILES string of the molecule is Cc1ccc(S(=O)(=O)NCC(=O)NCC(=O)NCCC(c2ccccc2)c2ccccc2)cc1. The molecule has 3 aromatic carbocycles. The summed E-state index contributed by atoms with van der Waals surface area (Å²) in [6.07, 6.45) is 0.698. The maximum atomic E-state index is 12.3. The van der Waals surface area contributed by atoms with Crippen molar-refractivity contribution in [2.45, 2.75) is 24.2 Å². The van der Waals surface area contributed by atoms with Gasteiger partial charge in [0.05, 0.1) is 18.0 Å². The highest BCUT2D eigenvalue weighted by Gasteiger charge is 2.16. The molecule has 0 unspecified atom stereocenters. The number of amides is 2. The second kappa shape index (κ2) is 12.1. The summed E-state index contributed by atoms with van der Waals surface area (Å²) >= 11 is 0. The first-order valence-corrected chi connectivity index (χ1v) is 12.5. The molecule has 3 N–H and O–H groups in total. The summed E-state index contributed by atoms with van der Waals surface area (Å²) in [4.78, 5) is 24.3. The van der Waals surface area contributed by atoms with Crippen LogP contribution in [0.4, 0.5) is 0 Å². The van der Waals surface area contributed by atoms with E-state index in [1.807, 2.05) is 43.3 Å². The van der Waals surface area contributed by atoms with Crippen LogP contribution in [0.2, 0.25) is 0 Å². The second-order valence-corrected chi connectivity index (χ2v) is 9.69. The van der Waals surface area contributed by atoms with Gasteiger partial charge in [-0.15, -0.1) is 0 Å². The van der Waals surface area contributed by atoms with Crippen LogP contribution in [-0.4, -0.2) is 39.9 Å². The first-order valence-electron chi connectivity index (χ1n) is 11.0. The molecule has 0 atom stereocenters. The van der Waals surface area contributed by atoms with Gasteiger partial charge >= 0.3 is 0 Å². The van der Waals surface area contributed by atoms with Crippen LogP contribution in [0.25, 0.3) is 0 Å². The van der Waals surface area contributed by atoms with Gasteiger partial charge in [-0.1, -0.05) is 78.4 Å². The van der Waals surface area contributed by atoms with Gasteiger partial charge in [0.25, 0.3) is 0 Å². The van der Waals surface area contributed by atoms with Gasteiger partial charge in [0.1, 0.15) is 0 Å². The largest absolute Gasteiger partial charge is 0.355 e. The molecular formula is C26H29N3O4S. The molecule has 3 rings (SSSR count). The van der Waals surface area contributed by atoms with Crippen LogP contribution in [-0.2, 0) is 19.6 Å². The van der Waals surface area contributed by atoms with Crippen molar-refractivity contribution in [1.29, 1.82) is 0 Å². The van der Waals surface area contributed by atoms with Crippen molar-refractivity contribution >= 4 is 21.8 Å². The number of carbonyl (C=O) groups excluding carboxylic acids is 2. The zero-order valence-electron chi connectivity index (χ0n) is 19.0. The van der Waals surface area contributed by atoms with Crippen molar-refractivity contribution in [3.8, 4) is 0 Å². The predicted octanol–water partition coefficient (Wildman–Crippen LogP) is 2.73. The molecule has 7 nitrogen and oxygen atoms in total. The molecule has 8 heteroatoms. The summed E-state index contributed by atoms with van der Waals surface area (Å²) in [6, 6.07) is 26.5. The lowest BCUT2D eigenvalue weighted by atomic mass is 9.88. The first-order chi connectivity index (χ1) is 16.3. The fourth-order valence-corrected chi connectivity index (χ4v) is 4.50. The van der Waals surface area contributed by atoms with Crippen LogP contribution in [0, 0.1) is 6.92 Å². The number of carbonyl (C=O) groups is 2. The van der Waals surface area contributed by atoms with Crippen molar-refractivity contribution in [2.75, 3.05) is 19.6 Å². The number of hydrogen-bond acceptors (Lipinski definition) is 4. The fraction of sp³-hybridized carbons (Fsp3) is 0.231. The molecule has 0 heterocycles. The maximum absolute atomic E-state index is 12.3. The van der Waals surface area contributed by atoms with Gasteiger partial charge < -0.3 is 10.6 Å². The topological polar surface area (TPSA) is 104 Å². The molecule has 2 amide bonds. The van der Waals surface area contributed by atoms with E-state index >= 15 is 0 Å². The predicted molar refractivity (Wildman–Crippen MR) is 132 cm³/mol. The molecule has 0 aliphatic carbocycles. The minimum Gasteiger partial charge on any atom is -0.355 e. The molecule has 178 valence electrons. The lowest BCUT2D eigenvalue weighted by molar-refractivity contribution is -0.125. The van der Waals surface area contributed by atoms with Gasteiger partial charge in [0.15, 0.2) is 0 Å². The number of sulfonamides is 1. The Kier molecular flexibility index (Phi) is 8.95. The van der Waals surface area contributed by atoms with Gasteiger partial charge in [0.2, 0.25) is 21.8 Å². The third kappa shape index (κ3) is 7.54. The summed E-state index contributed by atoms with van der Waals surface area (Å²) in [5.41, 5.74) is 3.26. The van der Waals surface area contributed by atoms with Crippen molar-refractivity contribution < 1.29 is 18.0 Å². The summed E-state index contributed by atoms with van der Waals surface area (Å²) in [5, 5.41) is 5.26. The van der Waals surface area contributed by atoms with E-state index < -0.39 is 22.5 Å². The molecule has 0 bridgehead atoms. The average molecular weight is 480 g/mol. The molecule has 3 aromatic rings. The zero-order valence-corrected chi connectivity index (χ0v) is 19.8. The Bertz CT molecular complexity index is 1140. The zero-order chi connectivity index (χ0) is 24.4. The molecule has 0 aromatic heterocycles. The Hall–Kier alpha value is -3.49. The van der Waals surface area contributed by atoms with E-state index in [4.69, 9.17) is 0 Å². The summed E-state index contributed by atoms with van der Waals surface area (Å²) in [5.74, 6) is -0.791. The lowest BCUT2D eigenvalue weighted by Gasteiger charge is -2.18. The Morgan fingerprint density at radius 2 is 1.26 bits per heavy atom. The summed E-state index contributed by atoms with van der Waals surface area (Å²) in [7, 11) is -3.80. The normalized spacial score (nSPS) is 11.2. The maximum Gasteiger partial charge on any atom is 0.241 e. The van der Waals surface area contributed by atoms with Crippen molar-refractivity contribution in [2.24, 2.45) is 0 Å². The molecule has 0 aliphatic rings. The molecule has 34 heavy (non-hydrogen) atoms. The van der Waals surface area contributed by atoms with E-state index in [1.54, 1.807) is 12.1 Å². The molecule has 0 spiro atoms. The number of hydrogen-bond donors (Lipinski definition) is 3. The lowest BCUT2D eigenvalue weighted by Crippen LogP contribution is -2.42. The fourth-order valence-electron chi connectivity index (χ4n) is 3.52. The van der Waals surface area contributed by atoms with E-state index in [1.165, 1.54) is 12.1 Å². The Balaban J connectivity index is 1.43. The number of benzene rings is 3. The van der Waals surface area contributed by atoms with Crippen LogP contribution in [0.15, 0.2) is 89.8 Å². The van der Waals surface area contributed by atoms with E-state index in [-0.39, 0.29) is 23.3 Å². The van der Waals surface area contributed by atoms with Crippen LogP contribution < -0.4 is 15.4 Å².